The maximum atomic E-state index is 13.0. The number of fused-ring (bicyclic) bond motifs is 2. The molecule has 0 fully saturated rings. The number of amides is 1. The molecule has 0 unspecified atom stereocenters. The molecule has 128 valence electrons. The van der Waals surface area contributed by atoms with Crippen LogP contribution in [0.4, 0.5) is 5.82 Å². The van der Waals surface area contributed by atoms with Crippen molar-refractivity contribution >= 4 is 22.6 Å². The number of nitrogens with one attached hydrogen (secondary N) is 1. The number of carbonyl (C=O) groups excluding carboxylic acids is 1. The quantitative estimate of drug-likeness (QED) is 0.772. The van der Waals surface area contributed by atoms with Crippen LogP contribution in [0.2, 0.25) is 0 Å². The van der Waals surface area contributed by atoms with E-state index in [0.717, 1.165) is 16.5 Å². The molecular weight excluding hydrogens is 320 g/mol. The van der Waals surface area contributed by atoms with Gasteiger partial charge in [0.2, 0.25) is 5.91 Å². The third-order valence-corrected chi connectivity index (χ3v) is 4.83. The number of nitrogens with zero attached hydrogens (tertiary/aromatic N) is 3. The number of pyridine rings is 1. The normalized spacial score (nSPS) is 16.6. The molecule has 1 aliphatic heterocycles. The molecule has 2 aromatic heterocycles. The molecule has 0 aliphatic carbocycles. The maximum absolute atomic E-state index is 13.0. The number of hydrogen-bond donors (Lipinski definition) is 1. The highest BCUT2D eigenvalue weighted by atomic mass is 16.5. The fourth-order valence-electron chi connectivity index (χ4n) is 3.46. The summed E-state index contributed by atoms with van der Waals surface area (Å²) in [5, 5.41) is 7.98. The van der Waals surface area contributed by atoms with E-state index in [1.165, 1.54) is 0 Å². The van der Waals surface area contributed by atoms with Crippen LogP contribution in [0, 0.1) is 0 Å². The number of benzene rings is 1. The molecule has 0 saturated carbocycles. The highest BCUT2D eigenvalue weighted by molar-refractivity contribution is 5.94. The van der Waals surface area contributed by atoms with Crippen LogP contribution in [-0.4, -0.2) is 27.4 Å². The zero-order chi connectivity index (χ0) is 17.7. The average molecular weight is 338 g/mol. The number of anilines is 1. The first-order valence-corrected chi connectivity index (χ1v) is 7.99. The van der Waals surface area contributed by atoms with Crippen molar-refractivity contribution < 1.29 is 9.53 Å². The van der Waals surface area contributed by atoms with Crippen LogP contribution in [0.15, 0.2) is 35.3 Å². The lowest BCUT2D eigenvalue weighted by atomic mass is 9.87. The molecule has 1 aliphatic rings. The maximum Gasteiger partial charge on any atom is 0.254 e. The molecule has 1 amide bonds. The van der Waals surface area contributed by atoms with Gasteiger partial charge in [0, 0.05) is 43.6 Å². The minimum absolute atomic E-state index is 0.113. The summed E-state index contributed by atoms with van der Waals surface area (Å²) in [5.74, 6) is 0.931. The second-order valence-corrected chi connectivity index (χ2v) is 6.27. The SMILES string of the molecule is COc1ccc2cc([C@@H]3CC(=O)Nc4c3cnn4C)c(=O)n(C)c2c1. The van der Waals surface area contributed by atoms with Crippen LogP contribution in [0.1, 0.15) is 23.5 Å². The van der Waals surface area contributed by atoms with Crippen molar-refractivity contribution in [3.63, 3.8) is 0 Å². The molecule has 1 aromatic carbocycles. The van der Waals surface area contributed by atoms with Crippen LogP contribution < -0.4 is 15.6 Å². The highest BCUT2D eigenvalue weighted by Gasteiger charge is 2.31. The Morgan fingerprint density at radius 1 is 1.20 bits per heavy atom. The van der Waals surface area contributed by atoms with Gasteiger partial charge in [0.1, 0.15) is 11.6 Å². The van der Waals surface area contributed by atoms with E-state index in [-0.39, 0.29) is 23.8 Å². The number of hydrogen-bond acceptors (Lipinski definition) is 4. The predicted molar refractivity (Wildman–Crippen MR) is 94.0 cm³/mol. The lowest BCUT2D eigenvalue weighted by molar-refractivity contribution is -0.116. The smallest absolute Gasteiger partial charge is 0.254 e. The summed E-state index contributed by atoms with van der Waals surface area (Å²) in [6, 6.07) is 7.49. The molecule has 0 radical (unpaired) electrons. The highest BCUT2D eigenvalue weighted by Crippen LogP contribution is 2.36. The zero-order valence-electron chi connectivity index (χ0n) is 14.2. The van der Waals surface area contributed by atoms with Crippen molar-refractivity contribution in [2.75, 3.05) is 12.4 Å². The number of ether oxygens (including phenoxy) is 1. The first-order valence-electron chi connectivity index (χ1n) is 7.99. The third-order valence-electron chi connectivity index (χ3n) is 4.83. The van der Waals surface area contributed by atoms with E-state index in [4.69, 9.17) is 4.74 Å². The van der Waals surface area contributed by atoms with Crippen molar-refractivity contribution in [1.82, 2.24) is 14.3 Å². The van der Waals surface area contributed by atoms with Gasteiger partial charge in [0.25, 0.3) is 5.56 Å². The van der Waals surface area contributed by atoms with Crippen molar-refractivity contribution in [3.05, 3.63) is 51.9 Å². The third kappa shape index (κ3) is 2.31. The molecule has 7 heteroatoms. The molecule has 1 atom stereocenters. The van der Waals surface area contributed by atoms with Crippen molar-refractivity contribution in [2.45, 2.75) is 12.3 Å². The monoisotopic (exact) mass is 338 g/mol. The van der Waals surface area contributed by atoms with E-state index in [1.807, 2.05) is 24.3 Å². The van der Waals surface area contributed by atoms with Crippen LogP contribution in [-0.2, 0) is 18.9 Å². The predicted octanol–water partition coefficient (Wildman–Crippen LogP) is 1.75. The van der Waals surface area contributed by atoms with Gasteiger partial charge in [-0.1, -0.05) is 0 Å². The van der Waals surface area contributed by atoms with E-state index in [0.29, 0.717) is 17.1 Å². The molecule has 0 saturated heterocycles. The van der Waals surface area contributed by atoms with Gasteiger partial charge < -0.3 is 14.6 Å². The van der Waals surface area contributed by atoms with Crippen LogP contribution in [0.3, 0.4) is 0 Å². The van der Waals surface area contributed by atoms with E-state index in [2.05, 4.69) is 10.4 Å². The fraction of sp³-hybridized carbons (Fsp3) is 0.278. The minimum atomic E-state index is -0.303. The van der Waals surface area contributed by atoms with Gasteiger partial charge in [-0.15, -0.1) is 0 Å². The molecule has 3 heterocycles. The fourth-order valence-corrected chi connectivity index (χ4v) is 3.46. The molecule has 4 rings (SSSR count). The molecular formula is C18H18N4O3. The van der Waals surface area contributed by atoms with Crippen molar-refractivity contribution in [3.8, 4) is 5.75 Å². The van der Waals surface area contributed by atoms with Gasteiger partial charge in [-0.3, -0.25) is 14.3 Å². The lowest BCUT2D eigenvalue weighted by Gasteiger charge is -2.23. The number of rotatable bonds is 2. The van der Waals surface area contributed by atoms with Crippen LogP contribution >= 0.6 is 0 Å². The number of aromatic nitrogens is 3. The first kappa shape index (κ1) is 15.4. The Morgan fingerprint density at radius 3 is 2.76 bits per heavy atom. The van der Waals surface area contributed by atoms with Crippen molar-refractivity contribution in [2.24, 2.45) is 14.1 Å². The molecule has 3 aromatic rings. The van der Waals surface area contributed by atoms with Gasteiger partial charge in [0.05, 0.1) is 18.8 Å². The summed E-state index contributed by atoms with van der Waals surface area (Å²) >= 11 is 0. The number of aryl methyl sites for hydroxylation is 2. The van der Waals surface area contributed by atoms with E-state index in [1.54, 1.807) is 36.7 Å². The van der Waals surface area contributed by atoms with E-state index >= 15 is 0 Å². The summed E-state index contributed by atoms with van der Waals surface area (Å²) in [6.07, 6.45) is 1.95. The lowest BCUT2D eigenvalue weighted by Crippen LogP contribution is -2.30. The van der Waals surface area contributed by atoms with Crippen LogP contribution in [0.5, 0.6) is 5.75 Å². The Labute approximate surface area is 143 Å². The Bertz CT molecular complexity index is 1060. The summed E-state index contributed by atoms with van der Waals surface area (Å²) in [4.78, 5) is 25.1. The summed E-state index contributed by atoms with van der Waals surface area (Å²) in [6.45, 7) is 0. The second kappa shape index (κ2) is 5.47. The molecule has 25 heavy (non-hydrogen) atoms. The summed E-state index contributed by atoms with van der Waals surface area (Å²) < 4.78 is 8.48. The molecule has 1 N–H and O–H groups in total. The van der Waals surface area contributed by atoms with Gasteiger partial charge >= 0.3 is 0 Å². The van der Waals surface area contributed by atoms with Gasteiger partial charge in [-0.25, -0.2) is 0 Å². The largest absolute Gasteiger partial charge is 0.497 e. The second-order valence-electron chi connectivity index (χ2n) is 6.27. The van der Waals surface area contributed by atoms with Gasteiger partial charge in [-0.05, 0) is 23.6 Å². The zero-order valence-corrected chi connectivity index (χ0v) is 14.2. The van der Waals surface area contributed by atoms with Crippen molar-refractivity contribution in [1.29, 1.82) is 0 Å². The van der Waals surface area contributed by atoms with Gasteiger partial charge in [-0.2, -0.15) is 5.10 Å². The number of carbonyl (C=O) groups is 1. The minimum Gasteiger partial charge on any atom is -0.497 e. The Hall–Kier alpha value is -3.09. The molecule has 7 nitrogen and oxygen atoms in total. The van der Waals surface area contributed by atoms with E-state index < -0.39 is 0 Å². The van der Waals surface area contributed by atoms with Gasteiger partial charge in [0.15, 0.2) is 0 Å². The number of methoxy groups -OCH3 is 1. The molecule has 0 spiro atoms. The summed E-state index contributed by atoms with van der Waals surface area (Å²) in [5.41, 5.74) is 2.14. The standard InChI is InChI=1S/C18H18N4O3/c1-21-15-7-11(25-3)5-4-10(15)6-13(18(21)24)12-8-16(23)20-17-14(12)9-19-22(17)2/h4-7,9,12H,8H2,1-3H3,(H,20,23)/t12-/m0/s1. The Morgan fingerprint density at radius 2 is 2.00 bits per heavy atom. The average Bonchev–Trinajstić information content (AvgIpc) is 2.98. The Kier molecular flexibility index (Phi) is 3.38. The topological polar surface area (TPSA) is 78.2 Å². The Balaban J connectivity index is 1.94. The van der Waals surface area contributed by atoms with E-state index in [9.17, 15) is 9.59 Å². The van der Waals surface area contributed by atoms with Crippen LogP contribution in [0.25, 0.3) is 10.9 Å². The summed E-state index contributed by atoms with van der Waals surface area (Å²) in [7, 11) is 5.10. The molecule has 0 bridgehead atoms. The first-order chi connectivity index (χ1) is 12.0.